The van der Waals surface area contributed by atoms with Crippen LogP contribution in [0.25, 0.3) is 0 Å². The summed E-state index contributed by atoms with van der Waals surface area (Å²) in [5, 5.41) is 8.33. The largest absolute Gasteiger partial charge is 0.493 e. The Hall–Kier alpha value is -1.69. The summed E-state index contributed by atoms with van der Waals surface area (Å²) in [6, 6.07) is 7.48. The molecule has 0 aliphatic rings. The van der Waals surface area contributed by atoms with Gasteiger partial charge >= 0.3 is 0 Å². The van der Waals surface area contributed by atoms with E-state index in [9.17, 15) is 0 Å². The third-order valence-electron chi connectivity index (χ3n) is 1.61. The maximum Gasteiger partial charge on any atom is 0.174 e. The van der Waals surface area contributed by atoms with Crippen molar-refractivity contribution < 1.29 is 9.47 Å². The fourth-order valence-corrected chi connectivity index (χ4v) is 1.00. The Balaban J connectivity index is 2.87. The molecule has 13 heavy (non-hydrogen) atoms. The standard InChI is InChI=1S/C10H11NO2/c1-8-3-4-9(13-6-5-11)10(7-8)12-2/h3-4,7H,6H2,1-2H3. The van der Waals surface area contributed by atoms with Crippen LogP contribution in [0.4, 0.5) is 0 Å². The summed E-state index contributed by atoms with van der Waals surface area (Å²) in [6.45, 7) is 2.01. The first-order valence-electron chi connectivity index (χ1n) is 3.92. The molecule has 68 valence electrons. The van der Waals surface area contributed by atoms with Crippen LogP contribution in [0, 0.1) is 18.3 Å². The van der Waals surface area contributed by atoms with Gasteiger partial charge in [-0.2, -0.15) is 5.26 Å². The van der Waals surface area contributed by atoms with E-state index >= 15 is 0 Å². The van der Waals surface area contributed by atoms with Crippen LogP contribution >= 0.6 is 0 Å². The van der Waals surface area contributed by atoms with Crippen molar-refractivity contribution in [3.63, 3.8) is 0 Å². The van der Waals surface area contributed by atoms with Crippen molar-refractivity contribution in [3.8, 4) is 17.6 Å². The molecule has 3 nitrogen and oxygen atoms in total. The van der Waals surface area contributed by atoms with Crippen LogP contribution in [0.5, 0.6) is 11.5 Å². The fraction of sp³-hybridized carbons (Fsp3) is 0.300. The number of aryl methyl sites for hydroxylation is 1. The van der Waals surface area contributed by atoms with Gasteiger partial charge in [0.05, 0.1) is 7.11 Å². The molecule has 1 aromatic carbocycles. The summed E-state index contributed by atoms with van der Waals surface area (Å²) in [4.78, 5) is 0. The van der Waals surface area contributed by atoms with Gasteiger partial charge < -0.3 is 9.47 Å². The fourth-order valence-electron chi connectivity index (χ4n) is 1.00. The molecule has 0 aliphatic carbocycles. The van der Waals surface area contributed by atoms with Gasteiger partial charge in [-0.05, 0) is 24.6 Å². The minimum absolute atomic E-state index is 0.0411. The summed E-state index contributed by atoms with van der Waals surface area (Å²) >= 11 is 0. The topological polar surface area (TPSA) is 42.2 Å². The predicted octanol–water partition coefficient (Wildman–Crippen LogP) is 1.91. The van der Waals surface area contributed by atoms with Gasteiger partial charge in [0, 0.05) is 0 Å². The van der Waals surface area contributed by atoms with Gasteiger partial charge in [0.25, 0.3) is 0 Å². The first kappa shape index (κ1) is 9.40. The molecule has 3 heteroatoms. The van der Waals surface area contributed by atoms with E-state index < -0.39 is 0 Å². The average Bonchev–Trinajstić information content (AvgIpc) is 2.16. The highest BCUT2D eigenvalue weighted by Crippen LogP contribution is 2.27. The van der Waals surface area contributed by atoms with Crippen molar-refractivity contribution in [3.05, 3.63) is 23.8 Å². The Bertz CT molecular complexity index is 328. The Labute approximate surface area is 77.5 Å². The van der Waals surface area contributed by atoms with Crippen LogP contribution in [0.3, 0.4) is 0 Å². The molecule has 0 amide bonds. The van der Waals surface area contributed by atoms with Crippen LogP contribution in [-0.4, -0.2) is 13.7 Å². The van der Waals surface area contributed by atoms with Crippen LogP contribution in [0.2, 0.25) is 0 Å². The van der Waals surface area contributed by atoms with Crippen LogP contribution in [-0.2, 0) is 0 Å². The molecule has 0 radical (unpaired) electrons. The number of nitriles is 1. The molecule has 0 aromatic heterocycles. The molecular formula is C10H11NO2. The Morgan fingerprint density at radius 1 is 1.38 bits per heavy atom. The lowest BCUT2D eigenvalue weighted by Gasteiger charge is -2.08. The van der Waals surface area contributed by atoms with E-state index in [2.05, 4.69) is 0 Å². The van der Waals surface area contributed by atoms with Crippen LogP contribution < -0.4 is 9.47 Å². The summed E-state index contributed by atoms with van der Waals surface area (Å²) in [5.41, 5.74) is 1.10. The van der Waals surface area contributed by atoms with Crippen molar-refractivity contribution >= 4 is 0 Å². The third-order valence-corrected chi connectivity index (χ3v) is 1.61. The molecule has 0 N–H and O–H groups in total. The maximum absolute atomic E-state index is 8.33. The first-order chi connectivity index (χ1) is 6.27. The normalized spacial score (nSPS) is 9.00. The molecular weight excluding hydrogens is 166 g/mol. The molecule has 0 spiro atoms. The minimum atomic E-state index is 0.0411. The smallest absolute Gasteiger partial charge is 0.174 e. The second kappa shape index (κ2) is 4.36. The van der Waals surface area contributed by atoms with Crippen molar-refractivity contribution in [2.75, 3.05) is 13.7 Å². The quantitative estimate of drug-likeness (QED) is 0.708. The lowest BCUT2D eigenvalue weighted by atomic mass is 10.2. The summed E-state index contributed by atoms with van der Waals surface area (Å²) in [6.07, 6.45) is 0. The van der Waals surface area contributed by atoms with E-state index in [1.807, 2.05) is 25.1 Å². The maximum atomic E-state index is 8.33. The summed E-state index contributed by atoms with van der Waals surface area (Å²) in [5.74, 6) is 1.27. The highest BCUT2D eigenvalue weighted by Gasteiger charge is 2.02. The zero-order chi connectivity index (χ0) is 9.68. The van der Waals surface area contributed by atoms with Gasteiger partial charge in [-0.15, -0.1) is 0 Å². The number of methoxy groups -OCH3 is 1. The van der Waals surface area contributed by atoms with Crippen molar-refractivity contribution in [2.24, 2.45) is 0 Å². The van der Waals surface area contributed by atoms with E-state index in [0.29, 0.717) is 11.5 Å². The van der Waals surface area contributed by atoms with E-state index in [0.717, 1.165) is 5.56 Å². The molecule has 0 aliphatic heterocycles. The highest BCUT2D eigenvalue weighted by atomic mass is 16.5. The number of ether oxygens (including phenoxy) is 2. The van der Waals surface area contributed by atoms with Crippen molar-refractivity contribution in [1.29, 1.82) is 5.26 Å². The minimum Gasteiger partial charge on any atom is -0.493 e. The first-order valence-corrected chi connectivity index (χ1v) is 3.92. The SMILES string of the molecule is COc1cc(C)ccc1OCC#N. The van der Waals surface area contributed by atoms with Crippen molar-refractivity contribution in [2.45, 2.75) is 6.92 Å². The molecule has 0 saturated carbocycles. The number of nitrogens with zero attached hydrogens (tertiary/aromatic N) is 1. The van der Waals surface area contributed by atoms with Gasteiger partial charge in [0.15, 0.2) is 18.1 Å². The Kier molecular flexibility index (Phi) is 3.15. The molecule has 0 saturated heterocycles. The predicted molar refractivity (Wildman–Crippen MR) is 48.8 cm³/mol. The molecule has 0 bridgehead atoms. The molecule has 0 fully saturated rings. The molecule has 0 heterocycles. The second-order valence-electron chi connectivity index (χ2n) is 2.60. The molecule has 1 aromatic rings. The molecule has 0 unspecified atom stereocenters. The Morgan fingerprint density at radius 3 is 2.77 bits per heavy atom. The number of hydrogen-bond donors (Lipinski definition) is 0. The van der Waals surface area contributed by atoms with Crippen LogP contribution in [0.1, 0.15) is 5.56 Å². The monoisotopic (exact) mass is 177 g/mol. The highest BCUT2D eigenvalue weighted by molar-refractivity contribution is 5.42. The van der Waals surface area contributed by atoms with Crippen LogP contribution in [0.15, 0.2) is 18.2 Å². The van der Waals surface area contributed by atoms with Gasteiger partial charge in [-0.25, -0.2) is 0 Å². The molecule has 1 rings (SSSR count). The van der Waals surface area contributed by atoms with Crippen molar-refractivity contribution in [1.82, 2.24) is 0 Å². The molecule has 0 atom stereocenters. The lowest BCUT2D eigenvalue weighted by Crippen LogP contribution is -1.96. The average molecular weight is 177 g/mol. The van der Waals surface area contributed by atoms with Gasteiger partial charge in [-0.1, -0.05) is 6.07 Å². The zero-order valence-corrected chi connectivity index (χ0v) is 7.70. The Morgan fingerprint density at radius 2 is 2.15 bits per heavy atom. The summed E-state index contributed by atoms with van der Waals surface area (Å²) < 4.78 is 10.2. The number of benzene rings is 1. The number of hydrogen-bond acceptors (Lipinski definition) is 3. The van der Waals surface area contributed by atoms with Gasteiger partial charge in [-0.3, -0.25) is 0 Å². The zero-order valence-electron chi connectivity index (χ0n) is 7.70. The van der Waals surface area contributed by atoms with E-state index in [1.165, 1.54) is 0 Å². The van der Waals surface area contributed by atoms with Gasteiger partial charge in [0.2, 0.25) is 0 Å². The van der Waals surface area contributed by atoms with E-state index in [4.69, 9.17) is 14.7 Å². The van der Waals surface area contributed by atoms with Gasteiger partial charge in [0.1, 0.15) is 6.07 Å². The van der Waals surface area contributed by atoms with E-state index in [1.54, 1.807) is 13.2 Å². The lowest BCUT2D eigenvalue weighted by molar-refractivity contribution is 0.329. The number of rotatable bonds is 3. The third kappa shape index (κ3) is 2.38. The second-order valence-corrected chi connectivity index (χ2v) is 2.60. The summed E-state index contributed by atoms with van der Waals surface area (Å²) in [7, 11) is 1.58. The van der Waals surface area contributed by atoms with E-state index in [-0.39, 0.29) is 6.61 Å².